The van der Waals surface area contributed by atoms with Crippen LogP contribution in [0, 0.1) is 5.92 Å². The third-order valence-corrected chi connectivity index (χ3v) is 5.09. The average Bonchev–Trinajstić information content (AvgIpc) is 2.94. The van der Waals surface area contributed by atoms with Crippen LogP contribution in [0.25, 0.3) is 10.9 Å². The summed E-state index contributed by atoms with van der Waals surface area (Å²) in [5.74, 6) is -1.90. The van der Waals surface area contributed by atoms with Crippen LogP contribution in [-0.4, -0.2) is 21.4 Å². The highest BCUT2D eigenvalue weighted by Crippen LogP contribution is 2.28. The Bertz CT molecular complexity index is 979. The number of hydrogen-bond donors (Lipinski definition) is 1. The number of aliphatic carboxylic acids is 1. The molecule has 0 spiro atoms. The van der Waals surface area contributed by atoms with Gasteiger partial charge in [-0.2, -0.15) is 0 Å². The molecule has 1 unspecified atom stereocenters. The molecule has 6 heteroatoms. The molecule has 134 valence electrons. The first-order chi connectivity index (χ1) is 12.3. The van der Waals surface area contributed by atoms with Gasteiger partial charge in [-0.05, 0) is 35.9 Å². The van der Waals surface area contributed by atoms with E-state index in [-0.39, 0.29) is 12.2 Å². The normalized spacial score (nSPS) is 12.3. The predicted octanol–water partition coefficient (Wildman–Crippen LogP) is 5.40. The van der Waals surface area contributed by atoms with Gasteiger partial charge in [0.05, 0.1) is 5.92 Å². The molecule has 1 heterocycles. The SMILES string of the molecule is CC(CC(=O)c1cn(Cc2ccc(Br)cc2)c2ccc(Cl)cc12)C(=O)O. The number of rotatable bonds is 6. The third-order valence-electron chi connectivity index (χ3n) is 4.32. The van der Waals surface area contributed by atoms with Gasteiger partial charge in [0.1, 0.15) is 0 Å². The van der Waals surface area contributed by atoms with Crippen molar-refractivity contribution in [3.63, 3.8) is 0 Å². The average molecular weight is 435 g/mol. The monoisotopic (exact) mass is 433 g/mol. The van der Waals surface area contributed by atoms with Crippen LogP contribution in [0.5, 0.6) is 0 Å². The summed E-state index contributed by atoms with van der Waals surface area (Å²) in [5.41, 5.74) is 2.49. The molecule has 26 heavy (non-hydrogen) atoms. The van der Waals surface area contributed by atoms with Crippen LogP contribution in [0.4, 0.5) is 0 Å². The number of Topliss-reactive ketones (excluding diaryl/α,β-unsaturated/α-hetero) is 1. The van der Waals surface area contributed by atoms with Crippen molar-refractivity contribution in [2.45, 2.75) is 19.9 Å². The first kappa shape index (κ1) is 18.7. The van der Waals surface area contributed by atoms with Gasteiger partial charge in [0.25, 0.3) is 0 Å². The first-order valence-corrected chi connectivity index (χ1v) is 9.31. The van der Waals surface area contributed by atoms with Crippen LogP contribution in [0.15, 0.2) is 53.1 Å². The summed E-state index contributed by atoms with van der Waals surface area (Å²) in [6.07, 6.45) is 1.75. The topological polar surface area (TPSA) is 59.3 Å². The molecule has 3 aromatic rings. The van der Waals surface area contributed by atoms with Crippen LogP contribution < -0.4 is 0 Å². The van der Waals surface area contributed by atoms with Crippen molar-refractivity contribution in [1.29, 1.82) is 0 Å². The molecule has 1 atom stereocenters. The Labute approximate surface area is 164 Å². The maximum Gasteiger partial charge on any atom is 0.306 e. The minimum Gasteiger partial charge on any atom is -0.481 e. The van der Waals surface area contributed by atoms with E-state index >= 15 is 0 Å². The minimum absolute atomic E-state index is 0.0424. The molecule has 2 aromatic carbocycles. The summed E-state index contributed by atoms with van der Waals surface area (Å²) < 4.78 is 3.00. The molecule has 1 aromatic heterocycles. The van der Waals surface area contributed by atoms with Gasteiger partial charge in [-0.15, -0.1) is 0 Å². The summed E-state index contributed by atoms with van der Waals surface area (Å²) in [4.78, 5) is 23.7. The second-order valence-corrected chi connectivity index (χ2v) is 7.68. The Hall–Kier alpha value is -2.11. The van der Waals surface area contributed by atoms with Crippen LogP contribution >= 0.6 is 27.5 Å². The second-order valence-electron chi connectivity index (χ2n) is 6.33. The summed E-state index contributed by atoms with van der Waals surface area (Å²) in [6.45, 7) is 2.14. The Balaban J connectivity index is 2.01. The molecule has 0 aliphatic rings. The minimum atomic E-state index is -0.977. The molecule has 3 rings (SSSR count). The fraction of sp³-hybridized carbons (Fsp3) is 0.200. The van der Waals surface area contributed by atoms with E-state index in [1.54, 1.807) is 18.3 Å². The number of hydrogen-bond acceptors (Lipinski definition) is 2. The van der Waals surface area contributed by atoms with E-state index in [0.717, 1.165) is 20.9 Å². The molecule has 0 aliphatic heterocycles. The van der Waals surface area contributed by atoms with Crippen molar-refractivity contribution >= 4 is 50.2 Å². The number of fused-ring (bicyclic) bond motifs is 1. The molecule has 0 saturated carbocycles. The van der Waals surface area contributed by atoms with E-state index in [9.17, 15) is 9.59 Å². The lowest BCUT2D eigenvalue weighted by Crippen LogP contribution is -2.14. The fourth-order valence-corrected chi connectivity index (χ4v) is 3.32. The molecular formula is C20H17BrClNO3. The molecule has 0 fully saturated rings. The van der Waals surface area contributed by atoms with Gasteiger partial charge in [-0.25, -0.2) is 0 Å². The van der Waals surface area contributed by atoms with E-state index in [4.69, 9.17) is 16.7 Å². The number of nitrogens with zero attached hydrogens (tertiary/aromatic N) is 1. The maximum absolute atomic E-state index is 12.7. The van der Waals surface area contributed by atoms with Gasteiger partial charge in [-0.3, -0.25) is 9.59 Å². The summed E-state index contributed by atoms with van der Waals surface area (Å²) in [6, 6.07) is 13.4. The van der Waals surface area contributed by atoms with Crippen molar-refractivity contribution in [2.75, 3.05) is 0 Å². The summed E-state index contributed by atoms with van der Waals surface area (Å²) in [7, 11) is 0. The first-order valence-electron chi connectivity index (χ1n) is 8.14. The zero-order valence-corrected chi connectivity index (χ0v) is 16.4. The van der Waals surface area contributed by atoms with E-state index in [2.05, 4.69) is 15.9 Å². The quantitative estimate of drug-likeness (QED) is 0.529. The van der Waals surface area contributed by atoms with Crippen LogP contribution in [0.3, 0.4) is 0 Å². The second kappa shape index (κ2) is 7.64. The maximum atomic E-state index is 12.7. The van der Waals surface area contributed by atoms with Crippen molar-refractivity contribution in [2.24, 2.45) is 5.92 Å². The number of aromatic nitrogens is 1. The molecule has 1 N–H and O–H groups in total. The van der Waals surface area contributed by atoms with E-state index < -0.39 is 11.9 Å². The molecule has 4 nitrogen and oxygen atoms in total. The number of halogens is 2. The Morgan fingerprint density at radius 1 is 1.19 bits per heavy atom. The number of benzene rings is 2. The van der Waals surface area contributed by atoms with E-state index in [1.807, 2.05) is 34.9 Å². The largest absolute Gasteiger partial charge is 0.481 e. The van der Waals surface area contributed by atoms with Gasteiger partial charge >= 0.3 is 5.97 Å². The zero-order valence-electron chi connectivity index (χ0n) is 14.1. The smallest absolute Gasteiger partial charge is 0.306 e. The zero-order chi connectivity index (χ0) is 18.8. The van der Waals surface area contributed by atoms with Crippen LogP contribution in [0.1, 0.15) is 29.3 Å². The predicted molar refractivity (Wildman–Crippen MR) is 106 cm³/mol. The van der Waals surface area contributed by atoms with Crippen molar-refractivity contribution in [1.82, 2.24) is 4.57 Å². The van der Waals surface area contributed by atoms with Crippen LogP contribution in [-0.2, 0) is 11.3 Å². The lowest BCUT2D eigenvalue weighted by molar-refractivity contribution is -0.141. The highest BCUT2D eigenvalue weighted by molar-refractivity contribution is 9.10. The third kappa shape index (κ3) is 4.00. The van der Waals surface area contributed by atoms with Crippen molar-refractivity contribution in [3.05, 3.63) is 69.3 Å². The highest BCUT2D eigenvalue weighted by atomic mass is 79.9. The van der Waals surface area contributed by atoms with Crippen molar-refractivity contribution in [3.8, 4) is 0 Å². The van der Waals surface area contributed by atoms with Crippen molar-refractivity contribution < 1.29 is 14.7 Å². The molecule has 0 amide bonds. The standard InChI is InChI=1S/C20H17BrClNO3/c1-12(20(25)26)8-19(24)17-11-23(10-13-2-4-14(21)5-3-13)18-7-6-15(22)9-16(17)18/h2-7,9,11-12H,8,10H2,1H3,(H,25,26). The van der Waals surface area contributed by atoms with E-state index in [0.29, 0.717) is 17.1 Å². The Morgan fingerprint density at radius 3 is 2.54 bits per heavy atom. The van der Waals surface area contributed by atoms with Gasteiger partial charge < -0.3 is 9.67 Å². The highest BCUT2D eigenvalue weighted by Gasteiger charge is 2.21. The van der Waals surface area contributed by atoms with Gasteiger partial charge in [-0.1, -0.05) is 46.6 Å². The number of carboxylic acid groups (broad SMARTS) is 1. The molecule has 0 saturated heterocycles. The summed E-state index contributed by atoms with van der Waals surface area (Å²) >= 11 is 9.54. The number of carboxylic acids is 1. The summed E-state index contributed by atoms with van der Waals surface area (Å²) in [5, 5.41) is 10.4. The lowest BCUT2D eigenvalue weighted by atomic mass is 9.99. The van der Waals surface area contributed by atoms with Gasteiger partial charge in [0.2, 0.25) is 0 Å². The number of carbonyl (C=O) groups is 2. The fourth-order valence-electron chi connectivity index (χ4n) is 2.88. The Kier molecular flexibility index (Phi) is 5.49. The van der Waals surface area contributed by atoms with Gasteiger partial charge in [0, 0.05) is 45.1 Å². The van der Waals surface area contributed by atoms with E-state index in [1.165, 1.54) is 6.92 Å². The molecular weight excluding hydrogens is 418 g/mol. The number of carbonyl (C=O) groups excluding carboxylic acids is 1. The lowest BCUT2D eigenvalue weighted by Gasteiger charge is -2.06. The molecule has 0 aliphatic carbocycles. The molecule has 0 bridgehead atoms. The Morgan fingerprint density at radius 2 is 1.88 bits per heavy atom. The van der Waals surface area contributed by atoms with Crippen LogP contribution in [0.2, 0.25) is 5.02 Å². The number of ketones is 1. The van der Waals surface area contributed by atoms with Gasteiger partial charge in [0.15, 0.2) is 5.78 Å². The molecule has 0 radical (unpaired) electrons.